The van der Waals surface area contributed by atoms with Gasteiger partial charge in [0.2, 0.25) is 0 Å². The van der Waals surface area contributed by atoms with Crippen molar-refractivity contribution in [2.45, 2.75) is 70.8 Å². The van der Waals surface area contributed by atoms with Crippen LogP contribution in [0.1, 0.15) is 64.7 Å². The van der Waals surface area contributed by atoms with Crippen molar-refractivity contribution in [1.29, 1.82) is 0 Å². The molecule has 0 radical (unpaired) electrons. The Balaban J connectivity index is 1.54. The largest absolute Gasteiger partial charge is 0.313 e. The number of hydrogen-bond acceptors (Lipinski definition) is 1. The molecule has 17 heavy (non-hydrogen) atoms. The van der Waals surface area contributed by atoms with E-state index in [0.717, 1.165) is 28.7 Å². The molecule has 0 spiro atoms. The zero-order chi connectivity index (χ0) is 11.5. The Kier molecular flexibility index (Phi) is 2.23. The van der Waals surface area contributed by atoms with Gasteiger partial charge in [-0.25, -0.2) is 0 Å². The minimum absolute atomic E-state index is 0.725. The molecule has 5 aliphatic carbocycles. The summed E-state index contributed by atoms with van der Waals surface area (Å²) in [4.78, 5) is 0. The van der Waals surface area contributed by atoms with Gasteiger partial charge in [-0.1, -0.05) is 13.3 Å². The Morgan fingerprint density at radius 2 is 1.65 bits per heavy atom. The van der Waals surface area contributed by atoms with Gasteiger partial charge >= 0.3 is 0 Å². The van der Waals surface area contributed by atoms with Crippen LogP contribution in [0.4, 0.5) is 0 Å². The molecule has 5 aliphatic rings. The first-order chi connectivity index (χ1) is 8.21. The molecule has 4 bridgehead atoms. The molecular weight excluding hydrogens is 206 g/mol. The molecule has 96 valence electrons. The van der Waals surface area contributed by atoms with Crippen molar-refractivity contribution >= 4 is 0 Å². The Bertz CT molecular complexity index is 303. The average molecular weight is 233 g/mol. The number of rotatable bonds is 4. The molecule has 0 amide bonds. The van der Waals surface area contributed by atoms with Gasteiger partial charge < -0.3 is 5.32 Å². The highest BCUT2D eigenvalue weighted by Crippen LogP contribution is 2.66. The van der Waals surface area contributed by atoms with Gasteiger partial charge in [0.25, 0.3) is 0 Å². The van der Waals surface area contributed by atoms with Crippen molar-refractivity contribution in [2.24, 2.45) is 22.7 Å². The molecule has 0 aromatic rings. The van der Waals surface area contributed by atoms with Gasteiger partial charge in [0.1, 0.15) is 0 Å². The van der Waals surface area contributed by atoms with Crippen molar-refractivity contribution < 1.29 is 0 Å². The van der Waals surface area contributed by atoms with Gasteiger partial charge in [-0.05, 0) is 74.0 Å². The molecule has 1 heteroatoms. The monoisotopic (exact) mass is 233 g/mol. The maximum atomic E-state index is 3.85. The lowest BCUT2D eigenvalue weighted by molar-refractivity contribution is -0.110. The van der Waals surface area contributed by atoms with E-state index in [2.05, 4.69) is 12.2 Å². The highest BCUT2D eigenvalue weighted by atomic mass is 15.0. The third kappa shape index (κ3) is 1.77. The summed E-state index contributed by atoms with van der Waals surface area (Å²) in [5, 5.41) is 3.85. The van der Waals surface area contributed by atoms with Crippen LogP contribution in [-0.2, 0) is 0 Å². The van der Waals surface area contributed by atoms with Gasteiger partial charge in [-0.2, -0.15) is 0 Å². The van der Waals surface area contributed by atoms with Crippen molar-refractivity contribution in [3.63, 3.8) is 0 Å². The van der Waals surface area contributed by atoms with Crippen LogP contribution in [0.15, 0.2) is 0 Å². The average Bonchev–Trinajstić information content (AvgIpc) is 3.08. The summed E-state index contributed by atoms with van der Waals surface area (Å²) in [6.45, 7) is 3.81. The van der Waals surface area contributed by atoms with Crippen LogP contribution in [0.25, 0.3) is 0 Å². The summed E-state index contributed by atoms with van der Waals surface area (Å²) in [5.41, 5.74) is 1.50. The van der Waals surface area contributed by atoms with Crippen LogP contribution in [0, 0.1) is 22.7 Å². The lowest BCUT2D eigenvalue weighted by Crippen LogP contribution is -2.55. The van der Waals surface area contributed by atoms with E-state index in [4.69, 9.17) is 0 Å². The molecule has 5 saturated carbocycles. The minimum atomic E-state index is 0.725. The van der Waals surface area contributed by atoms with Crippen LogP contribution in [0.3, 0.4) is 0 Å². The Morgan fingerprint density at radius 1 is 1.00 bits per heavy atom. The summed E-state index contributed by atoms with van der Waals surface area (Å²) < 4.78 is 0. The first-order valence-electron chi connectivity index (χ1n) is 7.94. The van der Waals surface area contributed by atoms with Gasteiger partial charge in [0, 0.05) is 12.6 Å². The molecule has 1 N–H and O–H groups in total. The SMILES string of the molecule is CCC12CC3CC(C1)CC(CNC1CC1)(C3)C2. The fraction of sp³-hybridized carbons (Fsp3) is 1.00. The summed E-state index contributed by atoms with van der Waals surface area (Å²) >= 11 is 0. The molecule has 5 fully saturated rings. The van der Waals surface area contributed by atoms with Crippen molar-refractivity contribution in [1.82, 2.24) is 5.32 Å². The van der Waals surface area contributed by atoms with E-state index in [-0.39, 0.29) is 0 Å². The maximum Gasteiger partial charge on any atom is 0.00684 e. The molecule has 0 saturated heterocycles. The smallest absolute Gasteiger partial charge is 0.00684 e. The van der Waals surface area contributed by atoms with Crippen molar-refractivity contribution in [3.8, 4) is 0 Å². The van der Waals surface area contributed by atoms with Crippen LogP contribution in [0.2, 0.25) is 0 Å². The first kappa shape index (κ1) is 10.8. The van der Waals surface area contributed by atoms with Gasteiger partial charge in [-0.15, -0.1) is 0 Å². The van der Waals surface area contributed by atoms with E-state index in [1.165, 1.54) is 25.8 Å². The predicted octanol–water partition coefficient (Wildman–Crippen LogP) is 3.74. The lowest BCUT2D eigenvalue weighted by Gasteiger charge is -2.62. The molecular formula is C16H27N. The fourth-order valence-electron chi connectivity index (χ4n) is 5.92. The van der Waals surface area contributed by atoms with Gasteiger partial charge in [0.15, 0.2) is 0 Å². The fourth-order valence-corrected chi connectivity index (χ4v) is 5.92. The quantitative estimate of drug-likeness (QED) is 0.780. The first-order valence-corrected chi connectivity index (χ1v) is 7.94. The van der Waals surface area contributed by atoms with Crippen molar-refractivity contribution in [2.75, 3.05) is 6.54 Å². The van der Waals surface area contributed by atoms with E-state index >= 15 is 0 Å². The molecule has 0 aliphatic heterocycles. The highest BCUT2D eigenvalue weighted by Gasteiger charge is 2.56. The molecule has 2 atom stereocenters. The van der Waals surface area contributed by atoms with Crippen LogP contribution < -0.4 is 5.32 Å². The van der Waals surface area contributed by atoms with Crippen LogP contribution in [-0.4, -0.2) is 12.6 Å². The molecule has 0 aromatic carbocycles. The second kappa shape index (κ2) is 3.50. The van der Waals surface area contributed by atoms with Crippen LogP contribution in [0.5, 0.6) is 0 Å². The summed E-state index contributed by atoms with van der Waals surface area (Å²) in [6.07, 6.45) is 13.7. The zero-order valence-electron chi connectivity index (χ0n) is 11.3. The summed E-state index contributed by atoms with van der Waals surface area (Å²) in [5.74, 6) is 2.19. The van der Waals surface area contributed by atoms with Gasteiger partial charge in [-0.3, -0.25) is 0 Å². The zero-order valence-corrected chi connectivity index (χ0v) is 11.3. The van der Waals surface area contributed by atoms with Gasteiger partial charge in [0.05, 0.1) is 0 Å². The third-order valence-corrected chi connectivity index (χ3v) is 6.40. The normalized spacial score (nSPS) is 52.1. The van der Waals surface area contributed by atoms with E-state index in [9.17, 15) is 0 Å². The Hall–Kier alpha value is -0.0400. The van der Waals surface area contributed by atoms with Crippen LogP contribution >= 0.6 is 0 Å². The minimum Gasteiger partial charge on any atom is -0.313 e. The van der Waals surface area contributed by atoms with E-state index in [1.807, 2.05) is 0 Å². The third-order valence-electron chi connectivity index (χ3n) is 6.40. The van der Waals surface area contributed by atoms with E-state index in [1.54, 1.807) is 38.5 Å². The molecule has 1 nitrogen and oxygen atoms in total. The molecule has 2 unspecified atom stereocenters. The topological polar surface area (TPSA) is 12.0 Å². The van der Waals surface area contributed by atoms with E-state index < -0.39 is 0 Å². The molecule has 0 aromatic heterocycles. The second-order valence-electron chi connectivity index (χ2n) is 7.97. The standard InChI is InChI=1S/C16H27N/c1-2-15-6-12-5-13(7-15)9-16(8-12,10-15)11-17-14-3-4-14/h12-14,17H,2-11H2,1H3. The summed E-state index contributed by atoms with van der Waals surface area (Å²) in [7, 11) is 0. The highest BCUT2D eigenvalue weighted by molar-refractivity contribution is 5.08. The molecule has 0 heterocycles. The lowest BCUT2D eigenvalue weighted by atomic mass is 9.43. The predicted molar refractivity (Wildman–Crippen MR) is 70.9 cm³/mol. The van der Waals surface area contributed by atoms with E-state index in [0.29, 0.717) is 0 Å². The van der Waals surface area contributed by atoms with Crippen molar-refractivity contribution in [3.05, 3.63) is 0 Å². The Morgan fingerprint density at radius 3 is 2.24 bits per heavy atom. The molecule has 5 rings (SSSR count). The summed E-state index contributed by atoms with van der Waals surface area (Å²) in [6, 6.07) is 0.903. The number of nitrogens with one attached hydrogen (secondary N) is 1. The second-order valence-corrected chi connectivity index (χ2v) is 7.97. The maximum absolute atomic E-state index is 3.85. The Labute approximate surface area is 106 Å². The number of hydrogen-bond donors (Lipinski definition) is 1.